The number of nitrogens with zero attached hydrogens (tertiary/aromatic N) is 4. The number of rotatable bonds is 11. The first-order valence-corrected chi connectivity index (χ1v) is 10.8. The molecule has 3 rings (SSSR count). The summed E-state index contributed by atoms with van der Waals surface area (Å²) in [6, 6.07) is 7.93. The van der Waals surface area contributed by atoms with Crippen LogP contribution in [0.5, 0.6) is 11.5 Å². The molecule has 0 bridgehead atoms. The number of β-amino-alcohol motifs (C(OH)–C–C–N with tert-alkyl or cyclic N) is 1. The van der Waals surface area contributed by atoms with Gasteiger partial charge in [0, 0.05) is 44.5 Å². The monoisotopic (exact) mass is 429 g/mol. The molecule has 1 aromatic heterocycles. The number of anilines is 1. The molecule has 2 aromatic rings. The van der Waals surface area contributed by atoms with Crippen LogP contribution < -0.4 is 19.7 Å². The smallest absolute Gasteiger partial charge is 0.161 e. The number of methoxy groups -OCH3 is 1. The second kappa shape index (κ2) is 10.7. The summed E-state index contributed by atoms with van der Waals surface area (Å²) in [4.78, 5) is 12.7. The predicted molar refractivity (Wildman–Crippen MR) is 122 cm³/mol. The lowest BCUT2D eigenvalue weighted by atomic mass is 10.0. The molecule has 0 amide bonds. The van der Waals surface area contributed by atoms with Gasteiger partial charge in [0.25, 0.3) is 0 Å². The first kappa shape index (κ1) is 23.2. The second-order valence-electron chi connectivity index (χ2n) is 8.51. The van der Waals surface area contributed by atoms with Crippen molar-refractivity contribution in [2.24, 2.45) is 0 Å². The Balaban J connectivity index is 1.48. The van der Waals surface area contributed by atoms with Gasteiger partial charge in [0.15, 0.2) is 11.5 Å². The van der Waals surface area contributed by atoms with Gasteiger partial charge in [-0.05, 0) is 51.6 Å². The van der Waals surface area contributed by atoms with Crippen LogP contribution in [0.4, 0.5) is 5.82 Å². The second-order valence-corrected chi connectivity index (χ2v) is 8.51. The average Bonchev–Trinajstić information content (AvgIpc) is 3.14. The van der Waals surface area contributed by atoms with Crippen LogP contribution in [0.15, 0.2) is 30.6 Å². The highest BCUT2D eigenvalue weighted by Gasteiger charge is 2.36. The van der Waals surface area contributed by atoms with Gasteiger partial charge in [0.1, 0.15) is 12.1 Å². The zero-order valence-electron chi connectivity index (χ0n) is 19.1. The Morgan fingerprint density at radius 1 is 1.23 bits per heavy atom. The molecular formula is C23H35N5O3. The van der Waals surface area contributed by atoms with Crippen molar-refractivity contribution in [3.05, 3.63) is 41.9 Å². The Labute approximate surface area is 185 Å². The minimum atomic E-state index is -0.779. The van der Waals surface area contributed by atoms with Gasteiger partial charge >= 0.3 is 0 Å². The summed E-state index contributed by atoms with van der Waals surface area (Å²) in [5.41, 5.74) is 1.23. The number of hydrogen-bond acceptors (Lipinski definition) is 8. The van der Waals surface area contributed by atoms with Crippen LogP contribution in [-0.4, -0.2) is 79.6 Å². The van der Waals surface area contributed by atoms with E-state index >= 15 is 0 Å². The lowest BCUT2D eigenvalue weighted by Crippen LogP contribution is -2.43. The van der Waals surface area contributed by atoms with E-state index in [9.17, 15) is 5.11 Å². The van der Waals surface area contributed by atoms with Crippen LogP contribution in [0.2, 0.25) is 0 Å². The zero-order valence-corrected chi connectivity index (χ0v) is 19.1. The number of benzene rings is 1. The van der Waals surface area contributed by atoms with Crippen molar-refractivity contribution in [2.45, 2.75) is 31.9 Å². The summed E-state index contributed by atoms with van der Waals surface area (Å²) < 4.78 is 11.4. The summed E-state index contributed by atoms with van der Waals surface area (Å²) >= 11 is 0. The summed E-state index contributed by atoms with van der Waals surface area (Å²) in [5.74, 6) is 2.36. The molecule has 1 atom stereocenters. The number of aliphatic hydroxyl groups is 1. The van der Waals surface area contributed by atoms with Gasteiger partial charge in [0.2, 0.25) is 0 Å². The molecular weight excluding hydrogens is 394 g/mol. The Bertz CT molecular complexity index is 848. The van der Waals surface area contributed by atoms with Crippen LogP contribution in [0.3, 0.4) is 0 Å². The topological polar surface area (TPSA) is 83.0 Å². The predicted octanol–water partition coefficient (Wildman–Crippen LogP) is 1.86. The first-order valence-electron chi connectivity index (χ1n) is 10.8. The molecule has 0 spiro atoms. The van der Waals surface area contributed by atoms with E-state index in [0.717, 1.165) is 48.1 Å². The highest BCUT2D eigenvalue weighted by molar-refractivity contribution is 5.43. The molecule has 0 unspecified atom stereocenters. The Hall–Kier alpha value is -2.42. The normalized spacial score (nSPS) is 18.6. The van der Waals surface area contributed by atoms with E-state index in [0.29, 0.717) is 32.7 Å². The number of aromatic nitrogens is 2. The fourth-order valence-electron chi connectivity index (χ4n) is 3.75. The van der Waals surface area contributed by atoms with Gasteiger partial charge in [-0.25, -0.2) is 9.97 Å². The van der Waals surface area contributed by atoms with Crippen molar-refractivity contribution < 1.29 is 14.6 Å². The van der Waals surface area contributed by atoms with E-state index in [1.54, 1.807) is 13.4 Å². The molecule has 2 heterocycles. The van der Waals surface area contributed by atoms with E-state index < -0.39 is 5.60 Å². The van der Waals surface area contributed by atoms with Crippen molar-refractivity contribution in [3.8, 4) is 11.5 Å². The molecule has 1 aromatic carbocycles. The quantitative estimate of drug-likeness (QED) is 0.524. The molecule has 1 saturated heterocycles. The largest absolute Gasteiger partial charge is 0.493 e. The van der Waals surface area contributed by atoms with Crippen LogP contribution in [-0.2, 0) is 6.54 Å². The summed E-state index contributed by atoms with van der Waals surface area (Å²) in [7, 11) is 5.77. The van der Waals surface area contributed by atoms with E-state index in [4.69, 9.17) is 9.47 Å². The van der Waals surface area contributed by atoms with E-state index in [1.165, 1.54) is 0 Å². The van der Waals surface area contributed by atoms with Crippen LogP contribution in [0.25, 0.3) is 0 Å². The molecule has 0 saturated carbocycles. The molecule has 31 heavy (non-hydrogen) atoms. The standard InChI is InChI=1S/C23H35N5O3/c1-18-12-22(26-17-25-18)28-10-8-23(29,16-28)15-24-14-19-6-7-20(21(13-19)30-4)31-11-5-9-27(2)3/h6-7,12-13,17,24,29H,5,8-11,14-16H2,1-4H3/t23-/m1/s1. The molecule has 1 fully saturated rings. The highest BCUT2D eigenvalue weighted by atomic mass is 16.5. The minimum Gasteiger partial charge on any atom is -0.493 e. The van der Waals surface area contributed by atoms with Crippen LogP contribution in [0, 0.1) is 6.92 Å². The van der Waals surface area contributed by atoms with Crippen molar-refractivity contribution >= 4 is 5.82 Å². The Morgan fingerprint density at radius 3 is 2.81 bits per heavy atom. The summed E-state index contributed by atoms with van der Waals surface area (Å²) in [5, 5.41) is 14.4. The van der Waals surface area contributed by atoms with Crippen LogP contribution in [0.1, 0.15) is 24.1 Å². The Morgan fingerprint density at radius 2 is 2.06 bits per heavy atom. The third kappa shape index (κ3) is 6.78. The maximum absolute atomic E-state index is 11.0. The van der Waals surface area contributed by atoms with Crippen molar-refractivity contribution in [3.63, 3.8) is 0 Å². The van der Waals surface area contributed by atoms with Gasteiger partial charge in [0.05, 0.1) is 19.3 Å². The summed E-state index contributed by atoms with van der Waals surface area (Å²) in [6.45, 7) is 6.08. The molecule has 170 valence electrons. The average molecular weight is 430 g/mol. The SMILES string of the molecule is COc1cc(CNC[C@]2(O)CCN(c3cc(C)ncn3)C2)ccc1OCCCN(C)C. The minimum absolute atomic E-state index is 0.513. The number of hydrogen-bond donors (Lipinski definition) is 2. The fourth-order valence-corrected chi connectivity index (χ4v) is 3.75. The first-order chi connectivity index (χ1) is 14.9. The van der Waals surface area contributed by atoms with Crippen molar-refractivity contribution in [1.82, 2.24) is 20.2 Å². The van der Waals surface area contributed by atoms with E-state index in [2.05, 4.69) is 39.2 Å². The number of nitrogens with one attached hydrogen (secondary N) is 1. The van der Waals surface area contributed by atoms with Gasteiger partial charge in [-0.1, -0.05) is 6.07 Å². The third-order valence-corrected chi connectivity index (χ3v) is 5.46. The van der Waals surface area contributed by atoms with Crippen LogP contribution >= 0.6 is 0 Å². The fraction of sp³-hybridized carbons (Fsp3) is 0.565. The maximum Gasteiger partial charge on any atom is 0.161 e. The van der Waals surface area contributed by atoms with Crippen molar-refractivity contribution in [2.75, 3.05) is 58.9 Å². The molecule has 8 nitrogen and oxygen atoms in total. The zero-order chi connectivity index (χ0) is 22.3. The van der Waals surface area contributed by atoms with Gasteiger partial charge in [-0.15, -0.1) is 0 Å². The van der Waals surface area contributed by atoms with Gasteiger partial charge in [-0.2, -0.15) is 0 Å². The molecule has 0 radical (unpaired) electrons. The molecule has 1 aliphatic heterocycles. The Kier molecular flexibility index (Phi) is 8.06. The molecule has 2 N–H and O–H groups in total. The maximum atomic E-state index is 11.0. The van der Waals surface area contributed by atoms with E-state index in [1.807, 2.05) is 31.2 Å². The lowest BCUT2D eigenvalue weighted by molar-refractivity contribution is 0.0626. The molecule has 0 aliphatic carbocycles. The molecule has 1 aliphatic rings. The molecule has 8 heteroatoms. The number of aryl methyl sites for hydroxylation is 1. The van der Waals surface area contributed by atoms with E-state index in [-0.39, 0.29) is 0 Å². The van der Waals surface area contributed by atoms with Gasteiger partial charge in [-0.3, -0.25) is 0 Å². The summed E-state index contributed by atoms with van der Waals surface area (Å²) in [6.07, 6.45) is 3.24. The highest BCUT2D eigenvalue weighted by Crippen LogP contribution is 2.29. The lowest BCUT2D eigenvalue weighted by Gasteiger charge is -2.24. The van der Waals surface area contributed by atoms with Gasteiger partial charge < -0.3 is 29.7 Å². The van der Waals surface area contributed by atoms with Crippen molar-refractivity contribution in [1.29, 1.82) is 0 Å². The number of ether oxygens (including phenoxy) is 2. The third-order valence-electron chi connectivity index (χ3n) is 5.46.